The van der Waals surface area contributed by atoms with Crippen molar-refractivity contribution in [3.8, 4) is 0 Å². The summed E-state index contributed by atoms with van der Waals surface area (Å²) in [6.45, 7) is 6.27. The number of hydrogen-bond acceptors (Lipinski definition) is 5. The van der Waals surface area contributed by atoms with Gasteiger partial charge in [0.05, 0.1) is 0 Å². The van der Waals surface area contributed by atoms with Gasteiger partial charge in [-0.1, -0.05) is 13.8 Å². The number of hydrogen-bond donors (Lipinski definition) is 1. The van der Waals surface area contributed by atoms with Gasteiger partial charge in [-0.25, -0.2) is 12.7 Å². The van der Waals surface area contributed by atoms with Crippen LogP contribution in [0.4, 0.5) is 0 Å². The molecule has 5 nitrogen and oxygen atoms in total. The van der Waals surface area contributed by atoms with Gasteiger partial charge >= 0.3 is 0 Å². The van der Waals surface area contributed by atoms with Crippen molar-refractivity contribution in [1.82, 2.24) is 14.5 Å². The third kappa shape index (κ3) is 6.04. The Hall–Kier alpha value is -0.470. The summed E-state index contributed by atoms with van der Waals surface area (Å²) in [5.74, 6) is 0. The van der Waals surface area contributed by atoms with E-state index in [1.165, 1.54) is 15.6 Å². The van der Waals surface area contributed by atoms with Crippen LogP contribution in [0.15, 0.2) is 15.7 Å². The number of rotatable bonds is 9. The van der Waals surface area contributed by atoms with E-state index in [4.69, 9.17) is 0 Å². The van der Waals surface area contributed by atoms with Crippen LogP contribution >= 0.6 is 11.3 Å². The van der Waals surface area contributed by atoms with Gasteiger partial charge in [0.2, 0.25) is 0 Å². The van der Waals surface area contributed by atoms with Crippen molar-refractivity contribution in [2.75, 3.05) is 34.2 Å². The van der Waals surface area contributed by atoms with Crippen molar-refractivity contribution in [2.45, 2.75) is 37.1 Å². The predicted octanol–water partition coefficient (Wildman–Crippen LogP) is 1.82. The molecule has 0 aliphatic carbocycles. The highest BCUT2D eigenvalue weighted by Gasteiger charge is 2.22. The SMILES string of the molecule is CC(C)NCc1csc(S(=O)(=O)N(C)CCCN(C)C)c1. The van der Waals surface area contributed by atoms with Gasteiger partial charge in [0.15, 0.2) is 0 Å². The predicted molar refractivity (Wildman–Crippen MR) is 89.3 cm³/mol. The molecule has 7 heteroatoms. The lowest BCUT2D eigenvalue weighted by Gasteiger charge is -2.17. The van der Waals surface area contributed by atoms with Crippen LogP contribution in [-0.4, -0.2) is 57.9 Å². The van der Waals surface area contributed by atoms with Crippen molar-refractivity contribution in [3.05, 3.63) is 17.0 Å². The van der Waals surface area contributed by atoms with E-state index in [0.717, 1.165) is 18.5 Å². The minimum atomic E-state index is -3.35. The van der Waals surface area contributed by atoms with Crippen molar-refractivity contribution in [1.29, 1.82) is 0 Å². The fraction of sp³-hybridized carbons (Fsp3) is 0.714. The zero-order valence-corrected chi connectivity index (χ0v) is 15.2. The van der Waals surface area contributed by atoms with Crippen LogP contribution in [0.1, 0.15) is 25.8 Å². The molecular formula is C14H27N3O2S2. The number of nitrogens with one attached hydrogen (secondary N) is 1. The fourth-order valence-corrected chi connectivity index (χ4v) is 4.41. The summed E-state index contributed by atoms with van der Waals surface area (Å²) in [4.78, 5) is 2.06. The lowest BCUT2D eigenvalue weighted by Crippen LogP contribution is -2.29. The summed E-state index contributed by atoms with van der Waals surface area (Å²) in [5.41, 5.74) is 1.02. The second-order valence-corrected chi connectivity index (χ2v) is 8.98. The molecule has 122 valence electrons. The van der Waals surface area contributed by atoms with Crippen LogP contribution in [0.2, 0.25) is 0 Å². The molecular weight excluding hydrogens is 306 g/mol. The van der Waals surface area contributed by atoms with Gasteiger partial charge in [0, 0.05) is 26.2 Å². The van der Waals surface area contributed by atoms with E-state index >= 15 is 0 Å². The minimum absolute atomic E-state index is 0.388. The molecule has 1 aromatic rings. The first-order valence-electron chi connectivity index (χ1n) is 7.15. The Balaban J connectivity index is 2.65. The Morgan fingerprint density at radius 1 is 1.24 bits per heavy atom. The molecule has 1 rings (SSSR count). The maximum atomic E-state index is 12.5. The average Bonchev–Trinajstić information content (AvgIpc) is 2.85. The molecule has 0 saturated heterocycles. The van der Waals surface area contributed by atoms with Crippen molar-refractivity contribution in [3.63, 3.8) is 0 Å². The Bertz CT molecular complexity index is 524. The second kappa shape index (κ2) is 8.24. The molecule has 0 fully saturated rings. The van der Waals surface area contributed by atoms with E-state index in [0.29, 0.717) is 23.3 Å². The fourth-order valence-electron chi connectivity index (χ4n) is 1.79. The van der Waals surface area contributed by atoms with E-state index in [1.54, 1.807) is 13.1 Å². The highest BCUT2D eigenvalue weighted by atomic mass is 32.2. The van der Waals surface area contributed by atoms with Crippen molar-refractivity contribution in [2.24, 2.45) is 0 Å². The lowest BCUT2D eigenvalue weighted by atomic mass is 10.3. The standard InChI is InChI=1S/C14H27N3O2S2/c1-12(2)15-10-13-9-14(20-11-13)21(18,19)17(5)8-6-7-16(3)4/h9,11-12,15H,6-8,10H2,1-5H3. The number of sulfonamides is 1. The first-order valence-corrected chi connectivity index (χ1v) is 9.47. The lowest BCUT2D eigenvalue weighted by molar-refractivity contribution is 0.370. The summed E-state index contributed by atoms with van der Waals surface area (Å²) >= 11 is 1.30. The van der Waals surface area contributed by atoms with Crippen molar-refractivity contribution >= 4 is 21.4 Å². The van der Waals surface area contributed by atoms with Gasteiger partial charge in [-0.15, -0.1) is 11.3 Å². The van der Waals surface area contributed by atoms with Crippen LogP contribution in [0, 0.1) is 0 Å². The second-order valence-electron chi connectivity index (χ2n) is 5.79. The minimum Gasteiger partial charge on any atom is -0.310 e. The summed E-state index contributed by atoms with van der Waals surface area (Å²) in [6.07, 6.45) is 0.829. The third-order valence-corrected chi connectivity index (χ3v) is 6.41. The maximum Gasteiger partial charge on any atom is 0.252 e. The summed E-state index contributed by atoms with van der Waals surface area (Å²) in [7, 11) is 2.28. The van der Waals surface area contributed by atoms with Crippen LogP contribution in [0.3, 0.4) is 0 Å². The summed E-state index contributed by atoms with van der Waals surface area (Å²) < 4.78 is 26.8. The van der Waals surface area contributed by atoms with E-state index in [2.05, 4.69) is 24.1 Å². The molecule has 1 aromatic heterocycles. The molecule has 0 aliphatic rings. The molecule has 1 N–H and O–H groups in total. The molecule has 21 heavy (non-hydrogen) atoms. The Kier molecular flexibility index (Phi) is 7.29. The Morgan fingerprint density at radius 3 is 2.48 bits per heavy atom. The van der Waals surface area contributed by atoms with Gasteiger partial charge in [-0.3, -0.25) is 0 Å². The van der Waals surface area contributed by atoms with E-state index in [9.17, 15) is 8.42 Å². The Labute approximate surface area is 133 Å². The highest BCUT2D eigenvalue weighted by Crippen LogP contribution is 2.23. The van der Waals surface area contributed by atoms with Crippen LogP contribution in [0.5, 0.6) is 0 Å². The van der Waals surface area contributed by atoms with E-state index < -0.39 is 10.0 Å². The average molecular weight is 334 g/mol. The molecule has 1 heterocycles. The monoisotopic (exact) mass is 333 g/mol. The topological polar surface area (TPSA) is 52.7 Å². The van der Waals surface area contributed by atoms with Gasteiger partial charge in [-0.2, -0.15) is 0 Å². The maximum absolute atomic E-state index is 12.5. The molecule has 0 aromatic carbocycles. The van der Waals surface area contributed by atoms with Gasteiger partial charge in [0.1, 0.15) is 4.21 Å². The third-order valence-electron chi connectivity index (χ3n) is 3.09. The zero-order chi connectivity index (χ0) is 16.0. The van der Waals surface area contributed by atoms with Gasteiger partial charge in [-0.05, 0) is 44.1 Å². The number of nitrogens with zero attached hydrogens (tertiary/aromatic N) is 2. The van der Waals surface area contributed by atoms with E-state index in [-0.39, 0.29) is 0 Å². The van der Waals surface area contributed by atoms with Crippen LogP contribution in [0.25, 0.3) is 0 Å². The first-order chi connectivity index (χ1) is 9.73. The first kappa shape index (κ1) is 18.6. The molecule has 0 bridgehead atoms. The molecule has 0 saturated carbocycles. The molecule has 0 aliphatic heterocycles. The summed E-state index contributed by atoms with van der Waals surface area (Å²) in [6, 6.07) is 2.16. The normalized spacial score (nSPS) is 12.8. The zero-order valence-electron chi connectivity index (χ0n) is 13.6. The quantitative estimate of drug-likeness (QED) is 0.749. The largest absolute Gasteiger partial charge is 0.310 e. The molecule has 0 atom stereocenters. The molecule has 0 amide bonds. The van der Waals surface area contributed by atoms with Gasteiger partial charge in [0.25, 0.3) is 10.0 Å². The number of thiophene rings is 1. The van der Waals surface area contributed by atoms with E-state index in [1.807, 2.05) is 19.5 Å². The highest BCUT2D eigenvalue weighted by molar-refractivity contribution is 7.91. The molecule has 0 radical (unpaired) electrons. The van der Waals surface area contributed by atoms with Crippen LogP contribution < -0.4 is 5.32 Å². The molecule has 0 unspecified atom stereocenters. The Morgan fingerprint density at radius 2 is 1.90 bits per heavy atom. The smallest absolute Gasteiger partial charge is 0.252 e. The molecule has 0 spiro atoms. The van der Waals surface area contributed by atoms with Crippen molar-refractivity contribution < 1.29 is 8.42 Å². The summed E-state index contributed by atoms with van der Waals surface area (Å²) in [5, 5.41) is 5.21. The van der Waals surface area contributed by atoms with Gasteiger partial charge < -0.3 is 10.2 Å². The van der Waals surface area contributed by atoms with Crippen LogP contribution in [-0.2, 0) is 16.6 Å².